The van der Waals surface area contributed by atoms with Crippen LogP contribution in [-0.4, -0.2) is 54.7 Å². The van der Waals surface area contributed by atoms with E-state index in [0.717, 1.165) is 5.56 Å². The SMILES string of the molecule is CN=C(NCc1ccc(Cl)nc1)NC1CCN(CC(F)(F)F)C1.I. The molecule has 1 unspecified atom stereocenters. The van der Waals surface area contributed by atoms with Crippen LogP contribution in [0.25, 0.3) is 0 Å². The quantitative estimate of drug-likeness (QED) is 0.303. The maximum Gasteiger partial charge on any atom is 0.401 e. The second-order valence-corrected chi connectivity index (χ2v) is 5.78. The molecule has 2 rings (SSSR count). The van der Waals surface area contributed by atoms with Crippen molar-refractivity contribution in [2.75, 3.05) is 26.7 Å². The van der Waals surface area contributed by atoms with E-state index in [1.54, 1.807) is 19.3 Å². The van der Waals surface area contributed by atoms with Crippen LogP contribution in [0.1, 0.15) is 12.0 Å². The van der Waals surface area contributed by atoms with Gasteiger partial charge < -0.3 is 10.6 Å². The standard InChI is InChI=1S/C14H19ClF3N5.HI/c1-19-13(21-7-10-2-3-12(15)20-6-10)22-11-4-5-23(8-11)9-14(16,17)18;/h2-3,6,11H,4-5,7-9H2,1H3,(H2,19,21,22);1H. The number of nitrogens with one attached hydrogen (secondary N) is 2. The van der Waals surface area contributed by atoms with Crippen LogP contribution < -0.4 is 10.6 Å². The van der Waals surface area contributed by atoms with E-state index in [1.165, 1.54) is 4.90 Å². The Hall–Kier alpha value is -0.810. The van der Waals surface area contributed by atoms with Gasteiger partial charge in [0.15, 0.2) is 5.96 Å². The Morgan fingerprint density at radius 3 is 2.79 bits per heavy atom. The molecule has 1 aromatic heterocycles. The van der Waals surface area contributed by atoms with Gasteiger partial charge in [-0.25, -0.2) is 4.98 Å². The Bertz CT molecular complexity index is 538. The third-order valence-corrected chi connectivity index (χ3v) is 3.71. The lowest BCUT2D eigenvalue weighted by atomic mass is 10.2. The van der Waals surface area contributed by atoms with Gasteiger partial charge in [0.05, 0.1) is 6.54 Å². The van der Waals surface area contributed by atoms with E-state index in [4.69, 9.17) is 11.6 Å². The van der Waals surface area contributed by atoms with Gasteiger partial charge >= 0.3 is 6.18 Å². The zero-order chi connectivity index (χ0) is 16.9. The van der Waals surface area contributed by atoms with Crippen LogP contribution in [0, 0.1) is 0 Å². The van der Waals surface area contributed by atoms with Crippen molar-refractivity contribution < 1.29 is 13.2 Å². The van der Waals surface area contributed by atoms with Crippen LogP contribution in [-0.2, 0) is 6.54 Å². The van der Waals surface area contributed by atoms with Crippen LogP contribution >= 0.6 is 35.6 Å². The predicted octanol–water partition coefficient (Wildman–Crippen LogP) is 2.65. The highest BCUT2D eigenvalue weighted by molar-refractivity contribution is 14.0. The molecule has 0 amide bonds. The van der Waals surface area contributed by atoms with Crippen molar-refractivity contribution in [1.82, 2.24) is 20.5 Å². The second-order valence-electron chi connectivity index (χ2n) is 5.40. The molecule has 1 atom stereocenters. The molecule has 0 aromatic carbocycles. The summed E-state index contributed by atoms with van der Waals surface area (Å²) in [5.74, 6) is 0.554. The van der Waals surface area contributed by atoms with Crippen LogP contribution in [0.2, 0.25) is 5.15 Å². The van der Waals surface area contributed by atoms with Crippen LogP contribution in [0.15, 0.2) is 23.3 Å². The molecule has 0 bridgehead atoms. The lowest BCUT2D eigenvalue weighted by Gasteiger charge is -2.19. The highest BCUT2D eigenvalue weighted by atomic mass is 127. The zero-order valence-corrected chi connectivity index (χ0v) is 16.2. The van der Waals surface area contributed by atoms with Crippen LogP contribution in [0.4, 0.5) is 13.2 Å². The molecule has 0 radical (unpaired) electrons. The highest BCUT2D eigenvalue weighted by Crippen LogP contribution is 2.19. The van der Waals surface area contributed by atoms with Crippen molar-refractivity contribution >= 4 is 41.5 Å². The molecule has 0 aliphatic carbocycles. The monoisotopic (exact) mass is 477 g/mol. The predicted molar refractivity (Wildman–Crippen MR) is 98.9 cm³/mol. The van der Waals surface area contributed by atoms with Gasteiger partial charge in [0, 0.05) is 38.9 Å². The topological polar surface area (TPSA) is 52.6 Å². The van der Waals surface area contributed by atoms with Crippen molar-refractivity contribution in [3.05, 3.63) is 29.0 Å². The Morgan fingerprint density at radius 1 is 1.46 bits per heavy atom. The van der Waals surface area contributed by atoms with Crippen LogP contribution in [0.5, 0.6) is 0 Å². The normalized spacial score (nSPS) is 19.0. The molecular weight excluding hydrogens is 458 g/mol. The van der Waals surface area contributed by atoms with Gasteiger partial charge in [-0.3, -0.25) is 9.89 Å². The van der Waals surface area contributed by atoms with E-state index in [9.17, 15) is 13.2 Å². The maximum atomic E-state index is 12.4. The average Bonchev–Trinajstić information content (AvgIpc) is 2.90. The third kappa shape index (κ3) is 7.39. The number of likely N-dealkylation sites (tertiary alicyclic amines) is 1. The highest BCUT2D eigenvalue weighted by Gasteiger charge is 2.34. The minimum Gasteiger partial charge on any atom is -0.352 e. The largest absolute Gasteiger partial charge is 0.401 e. The summed E-state index contributed by atoms with van der Waals surface area (Å²) in [7, 11) is 1.62. The van der Waals surface area contributed by atoms with Crippen molar-refractivity contribution in [3.8, 4) is 0 Å². The van der Waals surface area contributed by atoms with Gasteiger partial charge in [0.2, 0.25) is 0 Å². The average molecular weight is 478 g/mol. The molecular formula is C14H20ClF3IN5. The molecule has 1 fully saturated rings. The summed E-state index contributed by atoms with van der Waals surface area (Å²) in [6, 6.07) is 3.49. The summed E-state index contributed by atoms with van der Waals surface area (Å²) in [4.78, 5) is 9.47. The van der Waals surface area contributed by atoms with E-state index in [-0.39, 0.29) is 30.0 Å². The summed E-state index contributed by atoms with van der Waals surface area (Å²) >= 11 is 5.72. The maximum absolute atomic E-state index is 12.4. The Labute approximate surface area is 161 Å². The molecule has 5 nitrogen and oxygen atoms in total. The summed E-state index contributed by atoms with van der Waals surface area (Å²) in [5, 5.41) is 6.68. The van der Waals surface area contributed by atoms with Crippen molar-refractivity contribution in [1.29, 1.82) is 0 Å². The molecule has 2 heterocycles. The second kappa shape index (κ2) is 9.62. The van der Waals surface area contributed by atoms with E-state index in [1.807, 2.05) is 6.07 Å². The number of aliphatic imine (C=N–C) groups is 1. The Balaban J connectivity index is 0.00000288. The van der Waals surface area contributed by atoms with Crippen molar-refractivity contribution in [3.63, 3.8) is 0 Å². The molecule has 1 aliphatic rings. The van der Waals surface area contributed by atoms with Crippen LogP contribution in [0.3, 0.4) is 0 Å². The third-order valence-electron chi connectivity index (χ3n) is 3.49. The molecule has 0 spiro atoms. The Kier molecular flexibility index (Phi) is 8.51. The van der Waals surface area contributed by atoms with Gasteiger partial charge in [-0.1, -0.05) is 17.7 Å². The summed E-state index contributed by atoms with van der Waals surface area (Å²) in [6.07, 6.45) is -1.85. The minimum absolute atomic E-state index is 0. The van der Waals surface area contributed by atoms with E-state index in [0.29, 0.717) is 37.2 Å². The number of pyridine rings is 1. The van der Waals surface area contributed by atoms with Gasteiger partial charge in [-0.05, 0) is 18.1 Å². The molecule has 1 aromatic rings. The van der Waals surface area contributed by atoms with E-state index < -0.39 is 12.7 Å². The summed E-state index contributed by atoms with van der Waals surface area (Å²) in [5.41, 5.74) is 0.933. The lowest BCUT2D eigenvalue weighted by Crippen LogP contribution is -2.44. The number of rotatable bonds is 4. The number of hydrogen-bond donors (Lipinski definition) is 2. The fourth-order valence-corrected chi connectivity index (χ4v) is 2.54. The van der Waals surface area contributed by atoms with Crippen molar-refractivity contribution in [2.24, 2.45) is 4.99 Å². The Morgan fingerprint density at radius 2 is 2.21 bits per heavy atom. The first kappa shape index (κ1) is 21.2. The minimum atomic E-state index is -4.16. The van der Waals surface area contributed by atoms with E-state index >= 15 is 0 Å². The molecule has 1 saturated heterocycles. The molecule has 10 heteroatoms. The molecule has 2 N–H and O–H groups in total. The van der Waals surface area contributed by atoms with Crippen molar-refractivity contribution in [2.45, 2.75) is 25.2 Å². The molecule has 1 aliphatic heterocycles. The smallest absolute Gasteiger partial charge is 0.352 e. The number of alkyl halides is 3. The first-order valence-electron chi connectivity index (χ1n) is 7.22. The molecule has 136 valence electrons. The first-order chi connectivity index (χ1) is 10.9. The van der Waals surface area contributed by atoms with E-state index in [2.05, 4.69) is 20.6 Å². The van der Waals surface area contributed by atoms with Gasteiger partial charge in [0.25, 0.3) is 0 Å². The number of hydrogen-bond acceptors (Lipinski definition) is 3. The first-order valence-corrected chi connectivity index (χ1v) is 7.60. The number of nitrogens with zero attached hydrogens (tertiary/aromatic N) is 3. The zero-order valence-electron chi connectivity index (χ0n) is 13.1. The number of halogens is 5. The summed E-state index contributed by atoms with van der Waals surface area (Å²) in [6.45, 7) is 0.411. The van der Waals surface area contributed by atoms with Gasteiger partial charge in [-0.2, -0.15) is 13.2 Å². The summed E-state index contributed by atoms with van der Waals surface area (Å²) < 4.78 is 37.2. The van der Waals surface area contributed by atoms with Gasteiger partial charge in [0.1, 0.15) is 5.15 Å². The molecule has 24 heavy (non-hydrogen) atoms. The van der Waals surface area contributed by atoms with Gasteiger partial charge in [-0.15, -0.1) is 24.0 Å². The fraction of sp³-hybridized carbons (Fsp3) is 0.571. The fourth-order valence-electron chi connectivity index (χ4n) is 2.43. The molecule has 0 saturated carbocycles. The number of aromatic nitrogens is 1. The lowest BCUT2D eigenvalue weighted by molar-refractivity contribution is -0.143. The number of guanidine groups is 1.